The molecule has 1 aliphatic heterocycles. The fourth-order valence-electron chi connectivity index (χ4n) is 2.83. The maximum Gasteiger partial charge on any atom is 0.266 e. The number of hydrogen-bond donors (Lipinski definition) is 0. The molecule has 4 nitrogen and oxygen atoms in total. The lowest BCUT2D eigenvalue weighted by Crippen LogP contribution is -2.29. The van der Waals surface area contributed by atoms with E-state index in [-0.39, 0.29) is 11.7 Å². The summed E-state index contributed by atoms with van der Waals surface area (Å²) in [6.07, 6.45) is 4.96. The van der Waals surface area contributed by atoms with Crippen LogP contribution in [0.2, 0.25) is 0 Å². The summed E-state index contributed by atoms with van der Waals surface area (Å²) in [5.41, 5.74) is 0.996. The van der Waals surface area contributed by atoms with Crippen LogP contribution in [0.1, 0.15) is 38.4 Å². The molecule has 0 N–H and O–H groups in total. The zero-order valence-corrected chi connectivity index (χ0v) is 16.8. The van der Waals surface area contributed by atoms with Gasteiger partial charge in [0.2, 0.25) is 0 Å². The quantitative estimate of drug-likeness (QED) is 0.343. The van der Waals surface area contributed by atoms with E-state index in [0.717, 1.165) is 30.6 Å². The number of benzene rings is 1. The van der Waals surface area contributed by atoms with Crippen molar-refractivity contribution in [3.05, 3.63) is 53.1 Å². The van der Waals surface area contributed by atoms with Gasteiger partial charge in [0, 0.05) is 24.6 Å². The number of carbonyl (C=O) groups excluding carboxylic acids is 2. The first-order chi connectivity index (χ1) is 13.0. The van der Waals surface area contributed by atoms with Crippen molar-refractivity contribution < 1.29 is 14.0 Å². The Hall–Kier alpha value is -2.18. The molecular formula is C21H21NO3S2. The molecule has 1 saturated heterocycles. The average molecular weight is 400 g/mol. The Bertz CT molecular complexity index is 871. The van der Waals surface area contributed by atoms with E-state index >= 15 is 0 Å². The highest BCUT2D eigenvalue weighted by molar-refractivity contribution is 8.26. The second kappa shape index (κ2) is 9.15. The number of nitrogens with zero attached hydrogens (tertiary/aromatic N) is 1. The molecular weight excluding hydrogens is 378 g/mol. The second-order valence-corrected chi connectivity index (χ2v) is 8.09. The van der Waals surface area contributed by atoms with Crippen LogP contribution in [0.4, 0.5) is 0 Å². The predicted molar refractivity (Wildman–Crippen MR) is 113 cm³/mol. The highest BCUT2D eigenvalue weighted by Crippen LogP contribution is 2.33. The van der Waals surface area contributed by atoms with Gasteiger partial charge in [0.1, 0.15) is 21.6 Å². The third-order valence-corrected chi connectivity index (χ3v) is 5.62. The fourth-order valence-corrected chi connectivity index (χ4v) is 4.12. The molecule has 1 amide bonds. The number of carbonyl (C=O) groups is 2. The standard InChI is InChI=1S/C21H21NO3S2/c1-15(23)8-4-3-7-13-22-20(24)19(27-21(22)26)14-17-11-12-18(25-17)16-9-5-2-6-10-16/h2,5-6,9-12,14H,3-4,7-8,13H2,1H3/b19-14+. The number of unbranched alkanes of at least 4 members (excludes halogenated alkanes) is 2. The summed E-state index contributed by atoms with van der Waals surface area (Å²) in [5, 5.41) is 0. The molecule has 0 spiro atoms. The molecule has 6 heteroatoms. The molecule has 1 aliphatic rings. The number of ketones is 1. The van der Waals surface area contributed by atoms with Gasteiger partial charge in [-0.05, 0) is 31.9 Å². The van der Waals surface area contributed by atoms with Gasteiger partial charge in [-0.3, -0.25) is 9.69 Å². The second-order valence-electron chi connectivity index (χ2n) is 6.41. The molecule has 0 unspecified atom stereocenters. The zero-order chi connectivity index (χ0) is 19.2. The molecule has 1 aromatic heterocycles. The highest BCUT2D eigenvalue weighted by atomic mass is 32.2. The first-order valence-corrected chi connectivity index (χ1v) is 10.2. The Kier molecular flexibility index (Phi) is 6.63. The van der Waals surface area contributed by atoms with Crippen LogP contribution < -0.4 is 0 Å². The molecule has 1 aromatic carbocycles. The molecule has 3 rings (SSSR count). The Labute approximate surface area is 168 Å². The molecule has 0 saturated carbocycles. The van der Waals surface area contributed by atoms with Crippen LogP contribution in [0.5, 0.6) is 0 Å². The highest BCUT2D eigenvalue weighted by Gasteiger charge is 2.31. The van der Waals surface area contributed by atoms with Gasteiger partial charge in [0.05, 0.1) is 4.91 Å². The SMILES string of the molecule is CC(=O)CCCCCN1C(=O)/C(=C\c2ccc(-c3ccccc3)o2)SC1=S. The number of rotatable bonds is 8. The van der Waals surface area contributed by atoms with Crippen molar-refractivity contribution in [2.75, 3.05) is 6.54 Å². The van der Waals surface area contributed by atoms with Crippen molar-refractivity contribution in [1.82, 2.24) is 4.90 Å². The van der Waals surface area contributed by atoms with Crippen molar-refractivity contribution in [3.63, 3.8) is 0 Å². The van der Waals surface area contributed by atoms with Crippen LogP contribution in [0.3, 0.4) is 0 Å². The van der Waals surface area contributed by atoms with Crippen molar-refractivity contribution >= 4 is 46.1 Å². The van der Waals surface area contributed by atoms with Gasteiger partial charge in [0.15, 0.2) is 0 Å². The van der Waals surface area contributed by atoms with Crippen LogP contribution in [0, 0.1) is 0 Å². The van der Waals surface area contributed by atoms with E-state index in [1.165, 1.54) is 11.8 Å². The third-order valence-electron chi connectivity index (χ3n) is 4.24. The maximum absolute atomic E-state index is 12.6. The molecule has 27 heavy (non-hydrogen) atoms. The van der Waals surface area contributed by atoms with E-state index in [9.17, 15) is 9.59 Å². The summed E-state index contributed by atoms with van der Waals surface area (Å²) in [4.78, 5) is 25.8. The van der Waals surface area contributed by atoms with E-state index in [1.807, 2.05) is 42.5 Å². The fraction of sp³-hybridized carbons (Fsp3) is 0.286. The number of furan rings is 1. The van der Waals surface area contributed by atoms with Gasteiger partial charge in [-0.1, -0.05) is 60.7 Å². The van der Waals surface area contributed by atoms with Crippen molar-refractivity contribution in [2.24, 2.45) is 0 Å². The Morgan fingerprint density at radius 2 is 1.93 bits per heavy atom. The van der Waals surface area contributed by atoms with Crippen LogP contribution in [-0.2, 0) is 9.59 Å². The maximum atomic E-state index is 12.6. The predicted octanol–water partition coefficient (Wildman–Crippen LogP) is 5.30. The van der Waals surface area contributed by atoms with Gasteiger partial charge in [-0.2, -0.15) is 0 Å². The van der Waals surface area contributed by atoms with Gasteiger partial charge in [0.25, 0.3) is 5.91 Å². The van der Waals surface area contributed by atoms with Crippen LogP contribution in [0.15, 0.2) is 51.8 Å². The van der Waals surface area contributed by atoms with Crippen molar-refractivity contribution in [2.45, 2.75) is 32.6 Å². The van der Waals surface area contributed by atoms with Gasteiger partial charge in [-0.25, -0.2) is 0 Å². The summed E-state index contributed by atoms with van der Waals surface area (Å²) in [7, 11) is 0. The summed E-state index contributed by atoms with van der Waals surface area (Å²) in [6.45, 7) is 2.19. The van der Waals surface area contributed by atoms with E-state index in [2.05, 4.69) is 0 Å². The molecule has 0 bridgehead atoms. The molecule has 140 valence electrons. The minimum atomic E-state index is -0.0748. The molecule has 2 heterocycles. The van der Waals surface area contributed by atoms with Gasteiger partial charge in [-0.15, -0.1) is 0 Å². The molecule has 0 radical (unpaired) electrons. The normalized spacial score (nSPS) is 15.7. The summed E-state index contributed by atoms with van der Waals surface area (Å²) in [6, 6.07) is 13.6. The van der Waals surface area contributed by atoms with Crippen molar-refractivity contribution in [1.29, 1.82) is 0 Å². The third kappa shape index (κ3) is 5.17. The number of Topliss-reactive ketones (excluding diaryl/α,β-unsaturated/α-hetero) is 1. The van der Waals surface area contributed by atoms with Crippen LogP contribution in [0.25, 0.3) is 17.4 Å². The minimum Gasteiger partial charge on any atom is -0.457 e. The lowest BCUT2D eigenvalue weighted by atomic mass is 10.1. The molecule has 0 aliphatic carbocycles. The number of thioether (sulfide) groups is 1. The summed E-state index contributed by atoms with van der Waals surface area (Å²) >= 11 is 6.66. The minimum absolute atomic E-state index is 0.0748. The van der Waals surface area contributed by atoms with E-state index < -0.39 is 0 Å². The summed E-state index contributed by atoms with van der Waals surface area (Å²) in [5.74, 6) is 1.53. The molecule has 0 atom stereocenters. The number of thiocarbonyl (C=S) groups is 1. The lowest BCUT2D eigenvalue weighted by Gasteiger charge is -2.13. The van der Waals surface area contributed by atoms with E-state index in [4.69, 9.17) is 16.6 Å². The van der Waals surface area contributed by atoms with Crippen LogP contribution in [-0.4, -0.2) is 27.5 Å². The first kappa shape index (κ1) is 19.6. The zero-order valence-electron chi connectivity index (χ0n) is 15.1. The number of amides is 1. The van der Waals surface area contributed by atoms with Crippen LogP contribution >= 0.6 is 24.0 Å². The topological polar surface area (TPSA) is 50.5 Å². The lowest BCUT2D eigenvalue weighted by molar-refractivity contribution is -0.122. The Morgan fingerprint density at radius 3 is 2.67 bits per heavy atom. The summed E-state index contributed by atoms with van der Waals surface area (Å²) < 4.78 is 6.43. The average Bonchev–Trinajstić information content (AvgIpc) is 3.22. The van der Waals surface area contributed by atoms with Crippen molar-refractivity contribution in [3.8, 4) is 11.3 Å². The van der Waals surface area contributed by atoms with E-state index in [1.54, 1.807) is 17.9 Å². The monoisotopic (exact) mass is 399 g/mol. The Morgan fingerprint density at radius 1 is 1.15 bits per heavy atom. The van der Waals surface area contributed by atoms with Gasteiger partial charge < -0.3 is 9.21 Å². The Balaban J connectivity index is 1.61. The van der Waals surface area contributed by atoms with E-state index in [0.29, 0.717) is 28.0 Å². The largest absolute Gasteiger partial charge is 0.457 e. The van der Waals surface area contributed by atoms with Gasteiger partial charge >= 0.3 is 0 Å². The first-order valence-electron chi connectivity index (χ1n) is 8.94. The molecule has 2 aromatic rings. The molecule has 1 fully saturated rings. The number of hydrogen-bond acceptors (Lipinski definition) is 5. The smallest absolute Gasteiger partial charge is 0.266 e.